The molecule has 3 atom stereocenters. The van der Waals surface area contributed by atoms with Crippen molar-refractivity contribution in [3.05, 3.63) is 129 Å². The fraction of sp³-hybridized carbons (Fsp3) is 0.267. The standard InChI is InChI=1S/C30H30N2O7/c1-36-23-12-8-21(9-13-23)30(20-6-4-3-5-7-20,22-10-14-24(37-2)15-11-22)38-19-26-25(33)18-28(39-26)32-17-16-27(34)31-29(32)35/h3-17,25-26,28,33H,18-19H2,1-2H3,(H,31,34,35)/t25?,26-,28-/m0/s1. The molecule has 0 aliphatic carbocycles. The van der Waals surface area contributed by atoms with Crippen LogP contribution in [-0.4, -0.2) is 47.7 Å². The van der Waals surface area contributed by atoms with E-state index in [0.29, 0.717) is 11.5 Å². The van der Waals surface area contributed by atoms with Crippen LogP contribution in [-0.2, 0) is 15.1 Å². The predicted molar refractivity (Wildman–Crippen MR) is 144 cm³/mol. The molecule has 2 heterocycles. The first-order chi connectivity index (χ1) is 18.9. The van der Waals surface area contributed by atoms with Crippen LogP contribution in [0.15, 0.2) is 101 Å². The largest absolute Gasteiger partial charge is 0.497 e. The van der Waals surface area contributed by atoms with Crippen LogP contribution in [0.4, 0.5) is 0 Å². The van der Waals surface area contributed by atoms with Gasteiger partial charge in [0, 0.05) is 18.7 Å². The van der Waals surface area contributed by atoms with Crippen molar-refractivity contribution in [3.8, 4) is 11.5 Å². The highest BCUT2D eigenvalue weighted by atomic mass is 16.6. The molecule has 5 rings (SSSR count). The van der Waals surface area contributed by atoms with Crippen molar-refractivity contribution in [2.45, 2.75) is 30.5 Å². The normalized spacial score (nSPS) is 19.1. The van der Waals surface area contributed by atoms with Crippen molar-refractivity contribution >= 4 is 0 Å². The van der Waals surface area contributed by atoms with Gasteiger partial charge in [0.2, 0.25) is 0 Å². The Hall–Kier alpha value is -4.18. The Bertz CT molecular complexity index is 1450. The highest BCUT2D eigenvalue weighted by Crippen LogP contribution is 2.42. The minimum atomic E-state index is -1.07. The fourth-order valence-electron chi connectivity index (χ4n) is 4.97. The molecule has 0 amide bonds. The van der Waals surface area contributed by atoms with E-state index >= 15 is 0 Å². The maximum absolute atomic E-state index is 12.3. The van der Waals surface area contributed by atoms with Crippen LogP contribution in [0, 0.1) is 0 Å². The summed E-state index contributed by atoms with van der Waals surface area (Å²) in [7, 11) is 3.23. The van der Waals surface area contributed by atoms with Crippen molar-refractivity contribution in [1.29, 1.82) is 0 Å². The molecule has 3 aromatic carbocycles. The van der Waals surface area contributed by atoms with Gasteiger partial charge in [0.25, 0.3) is 5.56 Å². The van der Waals surface area contributed by atoms with Gasteiger partial charge in [-0.2, -0.15) is 0 Å². The van der Waals surface area contributed by atoms with Gasteiger partial charge in [-0.25, -0.2) is 4.79 Å². The first kappa shape index (κ1) is 26.4. The van der Waals surface area contributed by atoms with Crippen LogP contribution in [0.5, 0.6) is 11.5 Å². The SMILES string of the molecule is COc1ccc(C(OC[C@@H]2O[C@H](n3ccc(=O)[nH]c3=O)CC2O)(c2ccccc2)c2ccc(OC)cc2)cc1. The number of nitrogens with zero attached hydrogens (tertiary/aromatic N) is 1. The quantitative estimate of drug-likeness (QED) is 0.320. The molecule has 1 unspecified atom stereocenters. The number of aromatic nitrogens is 2. The zero-order valence-electron chi connectivity index (χ0n) is 21.7. The molecule has 1 aliphatic heterocycles. The minimum Gasteiger partial charge on any atom is -0.497 e. The van der Waals surface area contributed by atoms with Crippen molar-refractivity contribution in [1.82, 2.24) is 9.55 Å². The molecule has 2 N–H and O–H groups in total. The number of ether oxygens (including phenoxy) is 4. The van der Waals surface area contributed by atoms with E-state index in [0.717, 1.165) is 16.7 Å². The Kier molecular flexibility index (Phi) is 7.65. The number of aliphatic hydroxyl groups excluding tert-OH is 1. The van der Waals surface area contributed by atoms with Gasteiger partial charge in [-0.15, -0.1) is 0 Å². The van der Waals surface area contributed by atoms with Crippen LogP contribution in [0.2, 0.25) is 0 Å². The van der Waals surface area contributed by atoms with Gasteiger partial charge in [0.1, 0.15) is 29.4 Å². The van der Waals surface area contributed by atoms with Crippen LogP contribution < -0.4 is 20.7 Å². The van der Waals surface area contributed by atoms with Gasteiger partial charge in [-0.1, -0.05) is 54.6 Å². The van der Waals surface area contributed by atoms with E-state index in [-0.39, 0.29) is 13.0 Å². The second-order valence-corrected chi connectivity index (χ2v) is 9.26. The van der Waals surface area contributed by atoms with Gasteiger partial charge in [0.05, 0.1) is 26.9 Å². The second kappa shape index (κ2) is 11.3. The van der Waals surface area contributed by atoms with E-state index in [1.807, 2.05) is 78.9 Å². The first-order valence-electron chi connectivity index (χ1n) is 12.6. The Morgan fingerprint density at radius 2 is 1.44 bits per heavy atom. The van der Waals surface area contributed by atoms with Crippen molar-refractivity contribution in [2.24, 2.45) is 0 Å². The average molecular weight is 531 g/mol. The molecule has 1 fully saturated rings. The molecule has 1 aromatic heterocycles. The molecule has 9 heteroatoms. The molecular formula is C30H30N2O7. The number of methoxy groups -OCH3 is 2. The molecular weight excluding hydrogens is 500 g/mol. The highest BCUT2D eigenvalue weighted by molar-refractivity contribution is 5.49. The van der Waals surface area contributed by atoms with Crippen LogP contribution >= 0.6 is 0 Å². The third-order valence-electron chi connectivity index (χ3n) is 7.00. The topological polar surface area (TPSA) is 112 Å². The average Bonchev–Trinajstić information content (AvgIpc) is 3.34. The lowest BCUT2D eigenvalue weighted by molar-refractivity contribution is -0.0944. The van der Waals surface area contributed by atoms with Crippen LogP contribution in [0.25, 0.3) is 0 Å². The zero-order valence-corrected chi connectivity index (χ0v) is 21.7. The van der Waals surface area contributed by atoms with E-state index in [1.54, 1.807) is 14.2 Å². The van der Waals surface area contributed by atoms with Crippen molar-refractivity contribution in [3.63, 3.8) is 0 Å². The summed E-state index contributed by atoms with van der Waals surface area (Å²) in [6.07, 6.45) is -0.831. The van der Waals surface area contributed by atoms with Crippen LogP contribution in [0.1, 0.15) is 29.3 Å². The molecule has 1 aliphatic rings. The fourth-order valence-corrected chi connectivity index (χ4v) is 4.97. The molecule has 202 valence electrons. The Morgan fingerprint density at radius 1 is 0.872 bits per heavy atom. The van der Waals surface area contributed by atoms with E-state index in [9.17, 15) is 14.7 Å². The monoisotopic (exact) mass is 530 g/mol. The first-order valence-corrected chi connectivity index (χ1v) is 12.6. The minimum absolute atomic E-state index is 0.0166. The van der Waals surface area contributed by atoms with E-state index < -0.39 is 35.3 Å². The number of hydrogen-bond acceptors (Lipinski definition) is 7. The van der Waals surface area contributed by atoms with Gasteiger partial charge in [0.15, 0.2) is 0 Å². The molecule has 0 bridgehead atoms. The lowest BCUT2D eigenvalue weighted by Gasteiger charge is -2.37. The molecule has 0 spiro atoms. The van der Waals surface area contributed by atoms with Crippen molar-refractivity contribution < 1.29 is 24.1 Å². The molecule has 0 radical (unpaired) electrons. The third kappa shape index (κ3) is 5.24. The summed E-state index contributed by atoms with van der Waals surface area (Å²) in [4.78, 5) is 26.0. The van der Waals surface area contributed by atoms with E-state index in [1.165, 1.54) is 16.8 Å². The van der Waals surface area contributed by atoms with E-state index in [4.69, 9.17) is 18.9 Å². The summed E-state index contributed by atoms with van der Waals surface area (Å²) in [5, 5.41) is 10.9. The number of benzene rings is 3. The summed E-state index contributed by atoms with van der Waals surface area (Å²) >= 11 is 0. The second-order valence-electron chi connectivity index (χ2n) is 9.26. The number of nitrogens with one attached hydrogen (secondary N) is 1. The maximum atomic E-state index is 12.3. The van der Waals surface area contributed by atoms with Gasteiger partial charge >= 0.3 is 5.69 Å². The maximum Gasteiger partial charge on any atom is 0.330 e. The zero-order chi connectivity index (χ0) is 27.4. The predicted octanol–water partition coefficient (Wildman–Crippen LogP) is 3.21. The van der Waals surface area contributed by atoms with Crippen molar-refractivity contribution in [2.75, 3.05) is 20.8 Å². The molecule has 4 aromatic rings. The lowest BCUT2D eigenvalue weighted by Crippen LogP contribution is -2.38. The smallest absolute Gasteiger partial charge is 0.330 e. The number of aromatic amines is 1. The number of H-pyrrole nitrogens is 1. The number of rotatable bonds is 9. The summed E-state index contributed by atoms with van der Waals surface area (Å²) in [6.45, 7) is 0.0166. The molecule has 0 saturated carbocycles. The van der Waals surface area contributed by atoms with Gasteiger partial charge in [-0.3, -0.25) is 14.3 Å². The highest BCUT2D eigenvalue weighted by Gasteiger charge is 2.42. The third-order valence-corrected chi connectivity index (χ3v) is 7.00. The Balaban J connectivity index is 1.54. The molecule has 39 heavy (non-hydrogen) atoms. The molecule has 9 nitrogen and oxygen atoms in total. The van der Waals surface area contributed by atoms with Gasteiger partial charge < -0.3 is 24.1 Å². The number of aliphatic hydroxyl groups is 1. The van der Waals surface area contributed by atoms with Crippen LogP contribution in [0.3, 0.4) is 0 Å². The summed E-state index contributed by atoms with van der Waals surface area (Å²) in [5.74, 6) is 1.42. The summed E-state index contributed by atoms with van der Waals surface area (Å²) in [5.41, 5.74) is 0.399. The Morgan fingerprint density at radius 3 is 1.97 bits per heavy atom. The van der Waals surface area contributed by atoms with Gasteiger partial charge in [-0.05, 0) is 41.0 Å². The Labute approximate surface area is 225 Å². The number of hydrogen-bond donors (Lipinski definition) is 2. The summed E-state index contributed by atoms with van der Waals surface area (Å²) in [6, 6.07) is 26.3. The lowest BCUT2D eigenvalue weighted by atomic mass is 9.80. The van der Waals surface area contributed by atoms with E-state index in [2.05, 4.69) is 4.98 Å². The summed E-state index contributed by atoms with van der Waals surface area (Å²) < 4.78 is 24.9. The molecule has 1 saturated heterocycles.